The maximum Gasteiger partial charge on any atom is 0.0493 e. The smallest absolute Gasteiger partial charge is 0.0493 e. The van der Waals surface area contributed by atoms with Crippen molar-refractivity contribution >= 4 is 0 Å². The minimum atomic E-state index is 0.781. The van der Waals surface area contributed by atoms with E-state index in [2.05, 4.69) is 19.2 Å². The van der Waals surface area contributed by atoms with E-state index in [-0.39, 0.29) is 0 Å². The molecule has 0 aliphatic heterocycles. The summed E-state index contributed by atoms with van der Waals surface area (Å²) in [5.74, 6) is 2.52. The minimum absolute atomic E-state index is 0.781. The molecule has 1 aliphatic carbocycles. The van der Waals surface area contributed by atoms with Crippen molar-refractivity contribution < 1.29 is 4.74 Å². The summed E-state index contributed by atoms with van der Waals surface area (Å²) in [5.41, 5.74) is 0. The summed E-state index contributed by atoms with van der Waals surface area (Å²) in [6.07, 6.45) is 5.37. The van der Waals surface area contributed by atoms with Gasteiger partial charge in [-0.3, -0.25) is 0 Å². The lowest BCUT2D eigenvalue weighted by Crippen LogP contribution is -2.35. The van der Waals surface area contributed by atoms with Crippen molar-refractivity contribution in [3.63, 3.8) is 0 Å². The Morgan fingerprint density at radius 2 is 2.07 bits per heavy atom. The van der Waals surface area contributed by atoms with Gasteiger partial charge in [-0.1, -0.05) is 20.3 Å². The van der Waals surface area contributed by atoms with Crippen LogP contribution in [0, 0.1) is 17.8 Å². The van der Waals surface area contributed by atoms with Gasteiger partial charge in [0.2, 0.25) is 0 Å². The maximum absolute atomic E-state index is 5.34. The monoisotopic (exact) mass is 213 g/mol. The van der Waals surface area contributed by atoms with Gasteiger partial charge in [0.15, 0.2) is 0 Å². The molecule has 0 aromatic carbocycles. The van der Waals surface area contributed by atoms with E-state index in [9.17, 15) is 0 Å². The van der Waals surface area contributed by atoms with Gasteiger partial charge in [0.1, 0.15) is 0 Å². The number of hydrogen-bond donors (Lipinski definition) is 1. The van der Waals surface area contributed by atoms with Gasteiger partial charge >= 0.3 is 0 Å². The van der Waals surface area contributed by atoms with Crippen molar-refractivity contribution in [1.82, 2.24) is 5.32 Å². The number of nitrogens with one attached hydrogen (secondary N) is 1. The zero-order chi connectivity index (χ0) is 11.1. The van der Waals surface area contributed by atoms with Gasteiger partial charge < -0.3 is 10.1 Å². The molecule has 0 aromatic rings. The molecular weight excluding hydrogens is 186 g/mol. The van der Waals surface area contributed by atoms with E-state index >= 15 is 0 Å². The van der Waals surface area contributed by atoms with E-state index in [0.717, 1.165) is 30.9 Å². The Bertz CT molecular complexity index is 161. The lowest BCUT2D eigenvalue weighted by atomic mass is 9.75. The third kappa shape index (κ3) is 4.52. The van der Waals surface area contributed by atoms with Crippen LogP contribution in [0.15, 0.2) is 0 Å². The summed E-state index contributed by atoms with van der Waals surface area (Å²) in [7, 11) is 1.83. The highest BCUT2D eigenvalue weighted by Crippen LogP contribution is 2.33. The van der Waals surface area contributed by atoms with Gasteiger partial charge in [-0.25, -0.2) is 0 Å². The van der Waals surface area contributed by atoms with E-state index in [1.807, 2.05) is 7.11 Å². The van der Waals surface area contributed by atoms with Crippen molar-refractivity contribution in [2.75, 3.05) is 26.8 Å². The molecule has 2 heteroatoms. The molecule has 0 radical (unpaired) electrons. The fourth-order valence-electron chi connectivity index (χ4n) is 2.71. The SMILES string of the molecule is CCCNCC1CCC(C)CC1COC. The Labute approximate surface area is 94.8 Å². The topological polar surface area (TPSA) is 21.3 Å². The predicted molar refractivity (Wildman–Crippen MR) is 65.0 cm³/mol. The highest BCUT2D eigenvalue weighted by Gasteiger charge is 2.27. The van der Waals surface area contributed by atoms with E-state index in [0.29, 0.717) is 0 Å². The summed E-state index contributed by atoms with van der Waals surface area (Å²) >= 11 is 0. The lowest BCUT2D eigenvalue weighted by molar-refractivity contribution is 0.0770. The molecule has 0 aromatic heterocycles. The third-order valence-electron chi connectivity index (χ3n) is 3.62. The molecule has 1 fully saturated rings. The van der Waals surface area contributed by atoms with E-state index in [1.165, 1.54) is 32.2 Å². The van der Waals surface area contributed by atoms with E-state index < -0.39 is 0 Å². The average Bonchev–Trinajstić information content (AvgIpc) is 2.22. The van der Waals surface area contributed by atoms with Crippen molar-refractivity contribution in [2.45, 2.75) is 39.5 Å². The first kappa shape index (κ1) is 13.0. The van der Waals surface area contributed by atoms with Crippen LogP contribution in [0.1, 0.15) is 39.5 Å². The first-order valence-electron chi connectivity index (χ1n) is 6.47. The lowest BCUT2D eigenvalue weighted by Gasteiger charge is -2.34. The summed E-state index contributed by atoms with van der Waals surface area (Å²) in [6, 6.07) is 0. The minimum Gasteiger partial charge on any atom is -0.384 e. The summed E-state index contributed by atoms with van der Waals surface area (Å²) in [5, 5.41) is 3.55. The highest BCUT2D eigenvalue weighted by molar-refractivity contribution is 4.79. The Hall–Kier alpha value is -0.0800. The van der Waals surface area contributed by atoms with Crippen LogP contribution < -0.4 is 5.32 Å². The second kappa shape index (κ2) is 7.24. The molecule has 0 bridgehead atoms. The van der Waals surface area contributed by atoms with Gasteiger partial charge in [-0.2, -0.15) is 0 Å². The Kier molecular flexibility index (Phi) is 6.26. The first-order valence-corrected chi connectivity index (χ1v) is 6.47. The van der Waals surface area contributed by atoms with Crippen LogP contribution in [-0.2, 0) is 4.74 Å². The van der Waals surface area contributed by atoms with Gasteiger partial charge in [0.25, 0.3) is 0 Å². The Morgan fingerprint density at radius 1 is 1.27 bits per heavy atom. The second-order valence-corrected chi connectivity index (χ2v) is 5.10. The number of ether oxygens (including phenoxy) is 1. The van der Waals surface area contributed by atoms with Crippen LogP contribution in [0.3, 0.4) is 0 Å². The van der Waals surface area contributed by atoms with Crippen LogP contribution in [0.25, 0.3) is 0 Å². The first-order chi connectivity index (χ1) is 7.27. The molecule has 0 saturated heterocycles. The molecule has 0 spiro atoms. The van der Waals surface area contributed by atoms with Crippen molar-refractivity contribution in [3.8, 4) is 0 Å². The van der Waals surface area contributed by atoms with Crippen LogP contribution in [0.5, 0.6) is 0 Å². The fourth-order valence-corrected chi connectivity index (χ4v) is 2.71. The molecule has 90 valence electrons. The van der Waals surface area contributed by atoms with E-state index in [1.54, 1.807) is 0 Å². The summed E-state index contributed by atoms with van der Waals surface area (Å²) in [6.45, 7) is 7.89. The third-order valence-corrected chi connectivity index (χ3v) is 3.62. The molecule has 3 unspecified atom stereocenters. The van der Waals surface area contributed by atoms with E-state index in [4.69, 9.17) is 4.74 Å². The maximum atomic E-state index is 5.34. The Morgan fingerprint density at radius 3 is 2.73 bits per heavy atom. The quantitative estimate of drug-likeness (QED) is 0.685. The largest absolute Gasteiger partial charge is 0.384 e. The van der Waals surface area contributed by atoms with Crippen LogP contribution >= 0.6 is 0 Å². The van der Waals surface area contributed by atoms with Gasteiger partial charge in [-0.05, 0) is 50.1 Å². The molecule has 1 aliphatic rings. The van der Waals surface area contributed by atoms with Crippen molar-refractivity contribution in [2.24, 2.45) is 17.8 Å². The molecule has 15 heavy (non-hydrogen) atoms. The average molecular weight is 213 g/mol. The molecule has 1 N–H and O–H groups in total. The molecular formula is C13H27NO. The molecule has 0 heterocycles. The van der Waals surface area contributed by atoms with Crippen molar-refractivity contribution in [3.05, 3.63) is 0 Å². The zero-order valence-corrected chi connectivity index (χ0v) is 10.6. The number of rotatable bonds is 6. The standard InChI is InChI=1S/C13H27NO/c1-4-7-14-9-12-6-5-11(2)8-13(12)10-15-3/h11-14H,4-10H2,1-3H3. The van der Waals surface area contributed by atoms with Gasteiger partial charge in [-0.15, -0.1) is 0 Å². The second-order valence-electron chi connectivity index (χ2n) is 5.10. The highest BCUT2D eigenvalue weighted by atomic mass is 16.5. The van der Waals surface area contributed by atoms with Crippen LogP contribution in [-0.4, -0.2) is 26.8 Å². The molecule has 2 nitrogen and oxygen atoms in total. The predicted octanol–water partition coefficient (Wildman–Crippen LogP) is 2.68. The summed E-state index contributed by atoms with van der Waals surface area (Å²) in [4.78, 5) is 0. The van der Waals surface area contributed by atoms with Crippen molar-refractivity contribution in [1.29, 1.82) is 0 Å². The van der Waals surface area contributed by atoms with Crippen LogP contribution in [0.2, 0.25) is 0 Å². The molecule has 1 saturated carbocycles. The Balaban J connectivity index is 2.31. The fraction of sp³-hybridized carbons (Fsp3) is 1.00. The van der Waals surface area contributed by atoms with Crippen LogP contribution in [0.4, 0.5) is 0 Å². The molecule has 3 atom stereocenters. The number of hydrogen-bond acceptors (Lipinski definition) is 2. The molecule has 0 amide bonds. The zero-order valence-electron chi connectivity index (χ0n) is 10.6. The van der Waals surface area contributed by atoms with Gasteiger partial charge in [0, 0.05) is 13.7 Å². The van der Waals surface area contributed by atoms with Gasteiger partial charge in [0.05, 0.1) is 0 Å². The normalized spacial score (nSPS) is 31.8. The number of methoxy groups -OCH3 is 1. The summed E-state index contributed by atoms with van der Waals surface area (Å²) < 4.78 is 5.34. The molecule has 1 rings (SSSR count).